The Morgan fingerprint density at radius 1 is 1.36 bits per heavy atom. The maximum absolute atomic E-state index is 12.1. The molecule has 0 bridgehead atoms. The Labute approximate surface area is 126 Å². The molecule has 0 saturated heterocycles. The van der Waals surface area contributed by atoms with Crippen LogP contribution in [0.5, 0.6) is 0 Å². The van der Waals surface area contributed by atoms with E-state index in [4.69, 9.17) is 9.88 Å². The van der Waals surface area contributed by atoms with Crippen LogP contribution in [-0.4, -0.2) is 38.7 Å². The normalized spacial score (nSPS) is 15.7. The van der Waals surface area contributed by atoms with Crippen molar-refractivity contribution in [2.24, 2.45) is 5.14 Å². The third-order valence-corrected chi connectivity index (χ3v) is 4.14. The number of amides is 1. The first-order valence-corrected chi connectivity index (χ1v) is 7.94. The van der Waals surface area contributed by atoms with Gasteiger partial charge in [-0.15, -0.1) is 0 Å². The zero-order chi connectivity index (χ0) is 16.7. The van der Waals surface area contributed by atoms with Gasteiger partial charge in [-0.3, -0.25) is 14.5 Å². The predicted octanol–water partition coefficient (Wildman–Crippen LogP) is -0.185. The van der Waals surface area contributed by atoms with E-state index in [1.807, 2.05) is 0 Å². The third-order valence-electron chi connectivity index (χ3n) is 3.23. The first kappa shape index (κ1) is 16.1. The summed E-state index contributed by atoms with van der Waals surface area (Å²) < 4.78 is 27.5. The predicted molar refractivity (Wildman–Crippen MR) is 75.7 cm³/mol. The number of rotatable bonds is 4. The summed E-state index contributed by atoms with van der Waals surface area (Å²) in [5, 5.41) is 5.00. The van der Waals surface area contributed by atoms with Gasteiger partial charge in [-0.25, -0.2) is 18.4 Å². The van der Waals surface area contributed by atoms with Gasteiger partial charge >= 0.3 is 5.97 Å². The maximum atomic E-state index is 12.1. The number of benzene rings is 1. The summed E-state index contributed by atoms with van der Waals surface area (Å²) >= 11 is 0. The fraction of sp³-hybridized carbons (Fsp3) is 0.308. The van der Waals surface area contributed by atoms with Crippen molar-refractivity contribution in [3.63, 3.8) is 0 Å². The van der Waals surface area contributed by atoms with Crippen LogP contribution in [0.1, 0.15) is 24.2 Å². The van der Waals surface area contributed by atoms with Crippen molar-refractivity contribution >= 4 is 33.4 Å². The number of carbonyl (C=O) groups excluding carboxylic acids is 3. The smallest absolute Gasteiger partial charge is 0.328 e. The van der Waals surface area contributed by atoms with Crippen molar-refractivity contribution in [2.75, 3.05) is 11.5 Å². The Bertz CT molecular complexity index is 771. The van der Waals surface area contributed by atoms with E-state index in [1.54, 1.807) is 6.92 Å². The number of nitrogens with two attached hydrogens (primary N) is 1. The zero-order valence-corrected chi connectivity index (χ0v) is 12.7. The van der Waals surface area contributed by atoms with Gasteiger partial charge < -0.3 is 4.74 Å². The molecule has 0 radical (unpaired) electrons. The van der Waals surface area contributed by atoms with Crippen molar-refractivity contribution in [2.45, 2.75) is 24.8 Å². The van der Waals surface area contributed by atoms with Crippen LogP contribution in [0.25, 0.3) is 0 Å². The molecule has 0 fully saturated rings. The zero-order valence-electron chi connectivity index (χ0n) is 11.9. The van der Waals surface area contributed by atoms with Gasteiger partial charge in [0.15, 0.2) is 0 Å². The topological polar surface area (TPSA) is 124 Å². The number of Topliss-reactive ketones (excluding diaryl/α,β-unsaturated/α-hetero) is 1. The number of esters is 1. The molecule has 1 unspecified atom stereocenters. The van der Waals surface area contributed by atoms with Crippen LogP contribution in [-0.2, 0) is 24.3 Å². The van der Waals surface area contributed by atoms with E-state index in [0.717, 1.165) is 11.0 Å². The average Bonchev–Trinajstić information content (AvgIpc) is 2.69. The lowest BCUT2D eigenvalue weighted by molar-refractivity contribution is -0.145. The molecule has 118 valence electrons. The molecule has 1 aromatic carbocycles. The molecule has 22 heavy (non-hydrogen) atoms. The highest BCUT2D eigenvalue weighted by atomic mass is 32.2. The van der Waals surface area contributed by atoms with E-state index in [1.165, 1.54) is 19.1 Å². The van der Waals surface area contributed by atoms with Crippen molar-refractivity contribution in [1.82, 2.24) is 0 Å². The molecule has 0 saturated carbocycles. The van der Waals surface area contributed by atoms with Crippen LogP contribution in [0.15, 0.2) is 23.1 Å². The minimum atomic E-state index is -4.00. The number of ketones is 1. The molecule has 0 aromatic heterocycles. The van der Waals surface area contributed by atoms with Crippen LogP contribution >= 0.6 is 0 Å². The second kappa shape index (κ2) is 5.50. The summed E-state index contributed by atoms with van der Waals surface area (Å²) in [5.74, 6) is -2.47. The van der Waals surface area contributed by atoms with Gasteiger partial charge in [-0.05, 0) is 32.0 Å². The lowest BCUT2D eigenvalue weighted by atomic mass is 10.1. The average molecular weight is 326 g/mol. The number of hydrogen-bond donors (Lipinski definition) is 1. The van der Waals surface area contributed by atoms with Crippen molar-refractivity contribution in [3.8, 4) is 0 Å². The molecule has 0 spiro atoms. The number of ether oxygens (including phenoxy) is 1. The molecule has 2 rings (SSSR count). The largest absolute Gasteiger partial charge is 0.464 e. The van der Waals surface area contributed by atoms with Crippen molar-refractivity contribution in [3.05, 3.63) is 23.8 Å². The van der Waals surface area contributed by atoms with Crippen LogP contribution in [0.3, 0.4) is 0 Å². The molecule has 9 heteroatoms. The van der Waals surface area contributed by atoms with E-state index in [0.29, 0.717) is 0 Å². The summed E-state index contributed by atoms with van der Waals surface area (Å²) in [4.78, 5) is 36.5. The summed E-state index contributed by atoms with van der Waals surface area (Å²) in [6.45, 7) is 3.18. The summed E-state index contributed by atoms with van der Waals surface area (Å²) in [7, 11) is -4.00. The van der Waals surface area contributed by atoms with E-state index in [2.05, 4.69) is 0 Å². The molecule has 1 aliphatic rings. The van der Waals surface area contributed by atoms with E-state index >= 15 is 0 Å². The number of primary sulfonamides is 1. The number of sulfonamides is 1. The van der Waals surface area contributed by atoms with E-state index < -0.39 is 33.7 Å². The molecule has 8 nitrogen and oxygen atoms in total. The first-order chi connectivity index (χ1) is 10.2. The van der Waals surface area contributed by atoms with Crippen LogP contribution in [0.4, 0.5) is 5.69 Å². The monoisotopic (exact) mass is 326 g/mol. The number of hydrogen-bond acceptors (Lipinski definition) is 6. The molecular weight excluding hydrogens is 312 g/mol. The molecule has 1 amide bonds. The molecule has 0 aliphatic carbocycles. The Hall–Kier alpha value is -2.26. The van der Waals surface area contributed by atoms with Gasteiger partial charge in [0.1, 0.15) is 6.04 Å². The van der Waals surface area contributed by atoms with Crippen LogP contribution in [0, 0.1) is 0 Å². The molecule has 1 aromatic rings. The molecular formula is C13H14N2O6S. The highest BCUT2D eigenvalue weighted by Crippen LogP contribution is 2.32. The van der Waals surface area contributed by atoms with E-state index in [9.17, 15) is 22.8 Å². The number of fused-ring (bicyclic) bond motifs is 1. The van der Waals surface area contributed by atoms with Crippen molar-refractivity contribution < 1.29 is 27.5 Å². The number of anilines is 1. The summed E-state index contributed by atoms with van der Waals surface area (Å²) in [6, 6.07) is 2.47. The fourth-order valence-corrected chi connectivity index (χ4v) is 2.71. The Balaban J connectivity index is 2.50. The fourth-order valence-electron chi connectivity index (χ4n) is 2.17. The second-order valence-electron chi connectivity index (χ2n) is 4.66. The molecule has 1 heterocycles. The van der Waals surface area contributed by atoms with Gasteiger partial charge in [0.2, 0.25) is 10.0 Å². The Morgan fingerprint density at radius 2 is 2.00 bits per heavy atom. The highest BCUT2D eigenvalue weighted by molar-refractivity contribution is 7.89. The molecule has 2 N–H and O–H groups in total. The third kappa shape index (κ3) is 2.60. The maximum Gasteiger partial charge on any atom is 0.328 e. The van der Waals surface area contributed by atoms with Gasteiger partial charge in [0.25, 0.3) is 11.7 Å². The highest BCUT2D eigenvalue weighted by Gasteiger charge is 2.41. The Morgan fingerprint density at radius 3 is 2.55 bits per heavy atom. The lowest BCUT2D eigenvalue weighted by Gasteiger charge is -2.22. The van der Waals surface area contributed by atoms with Crippen molar-refractivity contribution in [1.29, 1.82) is 0 Å². The van der Waals surface area contributed by atoms with Gasteiger partial charge in [0.05, 0.1) is 22.8 Å². The standard InChI is InChI=1S/C13H14N2O6S/c1-3-21-13(18)7(2)15-10-5-4-8(22(14,19)20)6-9(10)11(16)12(15)17/h4-7H,3H2,1-2H3,(H2,14,19,20). The summed E-state index contributed by atoms with van der Waals surface area (Å²) in [6.07, 6.45) is 0. The first-order valence-electron chi connectivity index (χ1n) is 6.39. The number of carbonyl (C=O) groups is 3. The molecule has 1 aliphatic heterocycles. The summed E-state index contributed by atoms with van der Waals surface area (Å²) in [5.41, 5.74) is 0.0515. The quantitative estimate of drug-likeness (QED) is 0.604. The van der Waals surface area contributed by atoms with Crippen LogP contribution in [0.2, 0.25) is 0 Å². The molecule has 1 atom stereocenters. The van der Waals surface area contributed by atoms with E-state index in [-0.39, 0.29) is 22.8 Å². The number of nitrogens with zero attached hydrogens (tertiary/aromatic N) is 1. The van der Waals surface area contributed by atoms with Gasteiger partial charge in [-0.1, -0.05) is 0 Å². The van der Waals surface area contributed by atoms with Gasteiger partial charge in [-0.2, -0.15) is 0 Å². The minimum absolute atomic E-state index is 0.104. The SMILES string of the molecule is CCOC(=O)C(C)N1C(=O)C(=O)c2cc(S(N)(=O)=O)ccc21. The Kier molecular flexibility index (Phi) is 4.03. The second-order valence-corrected chi connectivity index (χ2v) is 6.22. The van der Waals surface area contributed by atoms with Gasteiger partial charge in [0, 0.05) is 0 Å². The van der Waals surface area contributed by atoms with Crippen LogP contribution < -0.4 is 10.0 Å². The lowest BCUT2D eigenvalue weighted by Crippen LogP contribution is -2.43. The minimum Gasteiger partial charge on any atom is -0.464 e.